The molecule has 0 aliphatic rings. The fraction of sp³-hybridized carbons (Fsp3) is 0.750. The Morgan fingerprint density at radius 1 is 1.75 bits per heavy atom. The molecular formula is C4H9BrO3. The van der Waals surface area contributed by atoms with Gasteiger partial charge in [-0.1, -0.05) is 15.9 Å². The fourth-order valence-electron chi connectivity index (χ4n) is 0.200. The first-order chi connectivity index (χ1) is 3.31. The summed E-state index contributed by atoms with van der Waals surface area (Å²) >= 11 is 2.94. The third-order valence-corrected chi connectivity index (χ3v) is 0.872. The number of alkyl halides is 1. The molecule has 0 amide bonds. The maximum absolute atomic E-state index is 10.1. The average Bonchev–Trinajstić information content (AvgIpc) is 1.68. The van der Waals surface area contributed by atoms with E-state index in [1.165, 1.54) is 0 Å². The number of hydrogen-bond donors (Lipinski definition) is 0. The molecule has 4 heteroatoms. The van der Waals surface area contributed by atoms with Gasteiger partial charge in [0, 0.05) is 0 Å². The Bertz CT molecular complexity index is 64.3. The number of ether oxygens (including phenoxy) is 1. The minimum Gasteiger partial charge on any atom is -0.465 e. The molecule has 0 spiro atoms. The van der Waals surface area contributed by atoms with Gasteiger partial charge in [-0.15, -0.1) is 0 Å². The number of hydrogen-bond acceptors (Lipinski definition) is 2. The number of carbonyl (C=O) groups excluding carboxylic acids is 1. The Labute approximate surface area is 56.5 Å². The van der Waals surface area contributed by atoms with Crippen LogP contribution in [0.15, 0.2) is 0 Å². The molecule has 0 aromatic heterocycles. The van der Waals surface area contributed by atoms with E-state index in [-0.39, 0.29) is 11.4 Å². The smallest absolute Gasteiger partial charge is 0.316 e. The standard InChI is InChI=1S/C4H7BrO2.H2O/c1-2-7-4(6)3-5;/h2-3H2,1H3;1H2. The molecule has 0 radical (unpaired) electrons. The molecule has 3 nitrogen and oxygen atoms in total. The van der Waals surface area contributed by atoms with E-state index in [0.717, 1.165) is 0 Å². The van der Waals surface area contributed by atoms with Crippen molar-refractivity contribution < 1.29 is 15.0 Å². The van der Waals surface area contributed by atoms with Crippen LogP contribution in [0.2, 0.25) is 0 Å². The third kappa shape index (κ3) is 5.91. The Kier molecular flexibility index (Phi) is 9.34. The quantitative estimate of drug-likeness (QED) is 0.453. The topological polar surface area (TPSA) is 57.8 Å². The highest BCUT2D eigenvalue weighted by Gasteiger charge is 1.92. The van der Waals surface area contributed by atoms with Crippen molar-refractivity contribution in [3.8, 4) is 0 Å². The summed E-state index contributed by atoms with van der Waals surface area (Å²) in [5.74, 6) is -0.206. The zero-order chi connectivity index (χ0) is 5.70. The predicted octanol–water partition coefficient (Wildman–Crippen LogP) is 0.120. The summed E-state index contributed by atoms with van der Waals surface area (Å²) in [5.41, 5.74) is 0. The SMILES string of the molecule is CCOC(=O)CBr.O. The van der Waals surface area contributed by atoms with Crippen molar-refractivity contribution in [3.63, 3.8) is 0 Å². The summed E-state index contributed by atoms with van der Waals surface area (Å²) in [6.07, 6.45) is 0. The van der Waals surface area contributed by atoms with Gasteiger partial charge in [0.25, 0.3) is 0 Å². The minimum absolute atomic E-state index is 0. The second-order valence-electron chi connectivity index (χ2n) is 0.939. The van der Waals surface area contributed by atoms with Crippen molar-refractivity contribution in [2.75, 3.05) is 11.9 Å². The number of rotatable bonds is 2. The van der Waals surface area contributed by atoms with Gasteiger partial charge in [0.05, 0.1) is 6.61 Å². The Balaban J connectivity index is 0. The van der Waals surface area contributed by atoms with Gasteiger partial charge in [-0.05, 0) is 6.92 Å². The lowest BCUT2D eigenvalue weighted by atomic mass is 10.8. The van der Waals surface area contributed by atoms with E-state index >= 15 is 0 Å². The van der Waals surface area contributed by atoms with Crippen LogP contribution in [-0.4, -0.2) is 23.4 Å². The molecule has 0 aliphatic carbocycles. The van der Waals surface area contributed by atoms with Gasteiger partial charge in [-0.25, -0.2) is 0 Å². The molecule has 2 N–H and O–H groups in total. The van der Waals surface area contributed by atoms with E-state index in [1.807, 2.05) is 0 Å². The number of carbonyl (C=O) groups is 1. The number of esters is 1. The molecule has 0 unspecified atom stereocenters. The maximum atomic E-state index is 10.1. The summed E-state index contributed by atoms with van der Waals surface area (Å²) in [7, 11) is 0. The summed E-state index contributed by atoms with van der Waals surface area (Å²) in [4.78, 5) is 10.1. The zero-order valence-electron chi connectivity index (χ0n) is 4.61. The molecule has 0 aliphatic heterocycles. The van der Waals surface area contributed by atoms with E-state index in [0.29, 0.717) is 11.9 Å². The van der Waals surface area contributed by atoms with Crippen LogP contribution in [-0.2, 0) is 9.53 Å². The van der Waals surface area contributed by atoms with Crippen LogP contribution in [0.25, 0.3) is 0 Å². The first-order valence-electron chi connectivity index (χ1n) is 2.02. The lowest BCUT2D eigenvalue weighted by molar-refractivity contribution is -0.139. The van der Waals surface area contributed by atoms with Crippen LogP contribution in [0.4, 0.5) is 0 Å². The van der Waals surface area contributed by atoms with Crippen LogP contribution >= 0.6 is 15.9 Å². The normalized spacial score (nSPS) is 7.25. The monoisotopic (exact) mass is 184 g/mol. The summed E-state index contributed by atoms with van der Waals surface area (Å²) < 4.78 is 4.51. The van der Waals surface area contributed by atoms with Gasteiger partial charge < -0.3 is 10.2 Å². The highest BCUT2D eigenvalue weighted by Crippen LogP contribution is 1.82. The lowest BCUT2D eigenvalue weighted by Gasteiger charge is -1.92. The van der Waals surface area contributed by atoms with Crippen molar-refractivity contribution in [1.82, 2.24) is 0 Å². The highest BCUT2D eigenvalue weighted by molar-refractivity contribution is 9.09. The van der Waals surface area contributed by atoms with Gasteiger partial charge in [0.2, 0.25) is 0 Å². The second kappa shape index (κ2) is 6.91. The highest BCUT2D eigenvalue weighted by atomic mass is 79.9. The van der Waals surface area contributed by atoms with Gasteiger partial charge in [-0.3, -0.25) is 4.79 Å². The first kappa shape index (κ1) is 10.8. The van der Waals surface area contributed by atoms with E-state index in [2.05, 4.69) is 20.7 Å². The Morgan fingerprint density at radius 2 is 2.25 bits per heavy atom. The number of halogens is 1. The summed E-state index contributed by atoms with van der Waals surface area (Å²) in [6, 6.07) is 0. The maximum Gasteiger partial charge on any atom is 0.316 e. The van der Waals surface area contributed by atoms with E-state index in [4.69, 9.17) is 0 Å². The predicted molar refractivity (Wildman–Crippen MR) is 34.0 cm³/mol. The van der Waals surface area contributed by atoms with Crippen molar-refractivity contribution in [2.45, 2.75) is 6.92 Å². The van der Waals surface area contributed by atoms with Crippen LogP contribution in [0.5, 0.6) is 0 Å². The molecule has 0 heterocycles. The van der Waals surface area contributed by atoms with Crippen LogP contribution in [0.1, 0.15) is 6.92 Å². The average molecular weight is 185 g/mol. The van der Waals surface area contributed by atoms with E-state index in [9.17, 15) is 4.79 Å². The molecule has 0 rings (SSSR count). The van der Waals surface area contributed by atoms with Gasteiger partial charge in [-0.2, -0.15) is 0 Å². The molecule has 0 bridgehead atoms. The first-order valence-corrected chi connectivity index (χ1v) is 3.15. The van der Waals surface area contributed by atoms with Gasteiger partial charge >= 0.3 is 5.97 Å². The lowest BCUT2D eigenvalue weighted by Crippen LogP contribution is -2.03. The molecule has 50 valence electrons. The molecule has 0 aromatic rings. The molecule has 0 atom stereocenters. The van der Waals surface area contributed by atoms with Crippen LogP contribution < -0.4 is 0 Å². The minimum atomic E-state index is -0.206. The third-order valence-electron chi connectivity index (χ3n) is 0.414. The zero-order valence-corrected chi connectivity index (χ0v) is 6.19. The van der Waals surface area contributed by atoms with Gasteiger partial charge in [0.15, 0.2) is 0 Å². The fourth-order valence-corrected chi connectivity index (χ4v) is 0.361. The van der Waals surface area contributed by atoms with Crippen molar-refractivity contribution in [2.24, 2.45) is 0 Å². The van der Waals surface area contributed by atoms with E-state index in [1.54, 1.807) is 6.92 Å². The van der Waals surface area contributed by atoms with Crippen molar-refractivity contribution >= 4 is 21.9 Å². The summed E-state index contributed by atoms with van der Waals surface area (Å²) in [6.45, 7) is 2.24. The van der Waals surface area contributed by atoms with Crippen LogP contribution in [0.3, 0.4) is 0 Å². The molecular weight excluding hydrogens is 176 g/mol. The largest absolute Gasteiger partial charge is 0.465 e. The molecule has 0 saturated carbocycles. The van der Waals surface area contributed by atoms with Gasteiger partial charge in [0.1, 0.15) is 5.33 Å². The van der Waals surface area contributed by atoms with Crippen molar-refractivity contribution in [3.05, 3.63) is 0 Å². The van der Waals surface area contributed by atoms with E-state index < -0.39 is 0 Å². The van der Waals surface area contributed by atoms with Crippen molar-refractivity contribution in [1.29, 1.82) is 0 Å². The van der Waals surface area contributed by atoms with Crippen LogP contribution in [0, 0.1) is 0 Å². The Morgan fingerprint density at radius 3 is 2.38 bits per heavy atom. The molecule has 0 saturated heterocycles. The molecule has 0 aromatic carbocycles. The molecule has 8 heavy (non-hydrogen) atoms. The summed E-state index contributed by atoms with van der Waals surface area (Å²) in [5, 5.41) is 0.292. The Hall–Kier alpha value is -0.0900. The second-order valence-corrected chi connectivity index (χ2v) is 1.50. The molecule has 0 fully saturated rings.